The van der Waals surface area contributed by atoms with Crippen LogP contribution in [-0.2, 0) is 9.47 Å². The molecule has 0 heterocycles. The molecule has 1 rings (SSSR count). The van der Waals surface area contributed by atoms with Crippen molar-refractivity contribution in [1.82, 2.24) is 0 Å². The molecular formula is C13H14N2O3. The minimum Gasteiger partial charge on any atom is -0.379 e. The Morgan fingerprint density at radius 1 is 1.39 bits per heavy atom. The lowest BCUT2D eigenvalue weighted by molar-refractivity contribution is 0.0556. The van der Waals surface area contributed by atoms with E-state index in [0.29, 0.717) is 5.56 Å². The molecule has 0 aromatic heterocycles. The fourth-order valence-corrected chi connectivity index (χ4v) is 1.56. The lowest BCUT2D eigenvalue weighted by Crippen LogP contribution is -2.48. The summed E-state index contributed by atoms with van der Waals surface area (Å²) >= 11 is 0. The fraction of sp³-hybridized carbons (Fsp3) is 0.308. The smallest absolute Gasteiger partial charge is 0.257 e. The molecule has 0 aliphatic carbocycles. The van der Waals surface area contributed by atoms with Gasteiger partial charge < -0.3 is 14.9 Å². The van der Waals surface area contributed by atoms with Gasteiger partial charge in [-0.1, -0.05) is 30.3 Å². The number of carbonyl (C=O) groups excluding carboxylic acids is 1. The van der Waals surface area contributed by atoms with Gasteiger partial charge in [-0.3, -0.25) is 4.79 Å². The first-order chi connectivity index (χ1) is 8.62. The highest BCUT2D eigenvalue weighted by Gasteiger charge is 2.44. The second-order valence-corrected chi connectivity index (χ2v) is 3.60. The zero-order valence-electron chi connectivity index (χ0n) is 10.3. The van der Waals surface area contributed by atoms with Crippen molar-refractivity contribution in [3.05, 3.63) is 35.9 Å². The summed E-state index contributed by atoms with van der Waals surface area (Å²) in [6.45, 7) is -0.139. The third kappa shape index (κ3) is 2.45. The molecule has 94 valence electrons. The van der Waals surface area contributed by atoms with Crippen molar-refractivity contribution in [3.8, 4) is 6.07 Å². The first kappa shape index (κ1) is 14.0. The normalized spacial score (nSPS) is 13.4. The zero-order valence-corrected chi connectivity index (χ0v) is 10.3. The highest BCUT2D eigenvalue weighted by Crippen LogP contribution is 2.19. The molecule has 0 aliphatic rings. The van der Waals surface area contributed by atoms with Crippen LogP contribution in [-0.4, -0.2) is 37.9 Å². The maximum Gasteiger partial charge on any atom is 0.257 e. The molecule has 5 heteroatoms. The van der Waals surface area contributed by atoms with Crippen LogP contribution in [0.15, 0.2) is 30.3 Å². The molecule has 0 aliphatic heterocycles. The van der Waals surface area contributed by atoms with E-state index in [1.807, 2.05) is 0 Å². The van der Waals surface area contributed by atoms with Gasteiger partial charge >= 0.3 is 0 Å². The average Bonchev–Trinajstić information content (AvgIpc) is 2.42. The highest BCUT2D eigenvalue weighted by atomic mass is 16.5. The van der Waals surface area contributed by atoms with Gasteiger partial charge in [-0.2, -0.15) is 5.26 Å². The van der Waals surface area contributed by atoms with Crippen LogP contribution in [0.2, 0.25) is 0 Å². The largest absolute Gasteiger partial charge is 0.379 e. The zero-order chi connectivity index (χ0) is 13.6. The molecule has 1 aromatic rings. The lowest BCUT2D eigenvalue weighted by atomic mass is 9.89. The van der Waals surface area contributed by atoms with E-state index in [2.05, 4.69) is 0 Å². The molecule has 1 atom stereocenters. The van der Waals surface area contributed by atoms with Crippen molar-refractivity contribution in [1.29, 1.82) is 10.7 Å². The molecule has 1 N–H and O–H groups in total. The minimum absolute atomic E-state index is 0.139. The second-order valence-electron chi connectivity index (χ2n) is 3.60. The summed E-state index contributed by atoms with van der Waals surface area (Å²) in [4.78, 5) is 12.3. The van der Waals surface area contributed by atoms with E-state index in [-0.39, 0.29) is 12.3 Å². The number of ketones is 1. The van der Waals surface area contributed by atoms with Crippen molar-refractivity contribution >= 4 is 11.5 Å². The number of nitriles is 1. The average molecular weight is 246 g/mol. The Morgan fingerprint density at radius 2 is 2.00 bits per heavy atom. The van der Waals surface area contributed by atoms with Crippen LogP contribution in [0, 0.1) is 16.7 Å². The summed E-state index contributed by atoms with van der Waals surface area (Å²) in [6, 6.07) is 10.1. The van der Waals surface area contributed by atoms with Crippen molar-refractivity contribution in [2.24, 2.45) is 0 Å². The maximum absolute atomic E-state index is 12.3. The van der Waals surface area contributed by atoms with Gasteiger partial charge in [0.25, 0.3) is 5.60 Å². The van der Waals surface area contributed by atoms with E-state index >= 15 is 0 Å². The van der Waals surface area contributed by atoms with Gasteiger partial charge in [0.1, 0.15) is 6.07 Å². The summed E-state index contributed by atoms with van der Waals surface area (Å²) < 4.78 is 9.79. The van der Waals surface area contributed by atoms with E-state index in [1.54, 1.807) is 36.4 Å². The van der Waals surface area contributed by atoms with Gasteiger partial charge in [-0.05, 0) is 0 Å². The van der Waals surface area contributed by atoms with Crippen LogP contribution in [0.5, 0.6) is 0 Å². The first-order valence-corrected chi connectivity index (χ1v) is 5.25. The van der Waals surface area contributed by atoms with Crippen molar-refractivity contribution in [2.75, 3.05) is 20.8 Å². The molecule has 0 amide bonds. The van der Waals surface area contributed by atoms with Crippen LogP contribution >= 0.6 is 0 Å². The molecule has 1 aromatic carbocycles. The van der Waals surface area contributed by atoms with Crippen LogP contribution in [0.25, 0.3) is 0 Å². The standard InChI is InChI=1S/C13H14N2O3/c1-17-8-11(15)13(9-14,18-2)12(16)10-6-4-3-5-7-10/h3-7,15H,8H2,1-2H3/t13-/m0/s1. The SMILES string of the molecule is COCC(=N)[C@](C#N)(OC)C(=O)c1ccccc1. The highest BCUT2D eigenvalue weighted by molar-refractivity contribution is 6.21. The predicted molar refractivity (Wildman–Crippen MR) is 65.7 cm³/mol. The minimum atomic E-state index is -1.92. The number of ether oxygens (including phenoxy) is 2. The topological polar surface area (TPSA) is 83.2 Å². The van der Waals surface area contributed by atoms with Crippen molar-refractivity contribution in [2.45, 2.75) is 5.60 Å². The van der Waals surface area contributed by atoms with E-state index in [4.69, 9.17) is 14.9 Å². The van der Waals surface area contributed by atoms with Gasteiger partial charge in [-0.15, -0.1) is 0 Å². The first-order valence-electron chi connectivity index (χ1n) is 5.25. The number of hydrogen-bond acceptors (Lipinski definition) is 5. The summed E-state index contributed by atoms with van der Waals surface area (Å²) in [5.41, 5.74) is -1.82. The van der Waals surface area contributed by atoms with E-state index < -0.39 is 11.4 Å². The van der Waals surface area contributed by atoms with Crippen molar-refractivity contribution < 1.29 is 14.3 Å². The quantitative estimate of drug-likeness (QED) is 0.608. The number of rotatable bonds is 6. The predicted octanol–water partition coefficient (Wildman–Crippen LogP) is 1.44. The van der Waals surface area contributed by atoms with Gasteiger partial charge in [0, 0.05) is 19.8 Å². The molecule has 5 nitrogen and oxygen atoms in total. The Balaban J connectivity index is 3.18. The van der Waals surface area contributed by atoms with Gasteiger partial charge in [0.15, 0.2) is 0 Å². The number of nitrogens with zero attached hydrogens (tertiary/aromatic N) is 1. The number of carbonyl (C=O) groups is 1. The Labute approximate surface area is 105 Å². The Morgan fingerprint density at radius 3 is 2.44 bits per heavy atom. The maximum atomic E-state index is 12.3. The van der Waals surface area contributed by atoms with Crippen LogP contribution < -0.4 is 0 Å². The number of Topliss-reactive ketones (excluding diaryl/α,β-unsaturated/α-hetero) is 1. The molecule has 0 bridgehead atoms. The third-order valence-electron chi connectivity index (χ3n) is 2.53. The molecule has 0 radical (unpaired) electrons. The van der Waals surface area contributed by atoms with Crippen molar-refractivity contribution in [3.63, 3.8) is 0 Å². The number of methoxy groups -OCH3 is 2. The summed E-state index contributed by atoms with van der Waals surface area (Å²) in [7, 11) is 2.62. The van der Waals surface area contributed by atoms with E-state index in [0.717, 1.165) is 0 Å². The molecule has 0 saturated carbocycles. The van der Waals surface area contributed by atoms with Crippen LogP contribution in [0.4, 0.5) is 0 Å². The molecule has 0 fully saturated rings. The Kier molecular flexibility index (Phi) is 4.72. The fourth-order valence-electron chi connectivity index (χ4n) is 1.56. The number of nitrogens with one attached hydrogen (secondary N) is 1. The monoisotopic (exact) mass is 246 g/mol. The van der Waals surface area contributed by atoms with Gasteiger partial charge in [0.2, 0.25) is 5.78 Å². The third-order valence-corrected chi connectivity index (χ3v) is 2.53. The molecule has 0 unspecified atom stereocenters. The molecule has 0 spiro atoms. The van der Waals surface area contributed by atoms with E-state index in [1.165, 1.54) is 14.2 Å². The van der Waals surface area contributed by atoms with Gasteiger partial charge in [0.05, 0.1) is 12.3 Å². The second kappa shape index (κ2) is 6.05. The van der Waals surface area contributed by atoms with Gasteiger partial charge in [-0.25, -0.2) is 0 Å². The Hall–Kier alpha value is -2.03. The van der Waals surface area contributed by atoms with Crippen LogP contribution in [0.1, 0.15) is 10.4 Å². The Bertz CT molecular complexity index is 479. The molecule has 18 heavy (non-hydrogen) atoms. The summed E-state index contributed by atoms with van der Waals surface area (Å²) in [5.74, 6) is -0.560. The molecular weight excluding hydrogens is 232 g/mol. The number of benzene rings is 1. The number of hydrogen-bond donors (Lipinski definition) is 1. The summed E-state index contributed by atoms with van der Waals surface area (Å²) in [5, 5.41) is 17.0. The van der Waals surface area contributed by atoms with Crippen LogP contribution in [0.3, 0.4) is 0 Å². The lowest BCUT2D eigenvalue weighted by Gasteiger charge is -2.24. The molecule has 0 saturated heterocycles. The van der Waals surface area contributed by atoms with E-state index in [9.17, 15) is 10.1 Å². The summed E-state index contributed by atoms with van der Waals surface area (Å²) in [6.07, 6.45) is 0.